The van der Waals surface area contributed by atoms with Crippen LogP contribution in [0.3, 0.4) is 0 Å². The van der Waals surface area contributed by atoms with Gasteiger partial charge in [0, 0.05) is 17.3 Å². The summed E-state index contributed by atoms with van der Waals surface area (Å²) in [5.74, 6) is 0.643. The molecule has 0 bridgehead atoms. The summed E-state index contributed by atoms with van der Waals surface area (Å²) in [5, 5.41) is 2.74. The monoisotopic (exact) mass is 390 g/mol. The van der Waals surface area contributed by atoms with E-state index in [1.54, 1.807) is 45.2 Å². The Labute approximate surface area is 158 Å². The molecule has 2 N–H and O–H groups in total. The number of fused-ring (bicyclic) bond motifs is 1. The Morgan fingerprint density at radius 1 is 1.11 bits per heavy atom. The second-order valence-corrected chi connectivity index (χ2v) is 8.12. The number of methoxy groups -OCH3 is 2. The van der Waals surface area contributed by atoms with Crippen LogP contribution in [0.5, 0.6) is 11.5 Å². The minimum absolute atomic E-state index is 0.110. The molecule has 1 amide bonds. The van der Waals surface area contributed by atoms with Crippen molar-refractivity contribution >= 4 is 21.6 Å². The van der Waals surface area contributed by atoms with E-state index in [0.29, 0.717) is 28.3 Å². The molecule has 2 atom stereocenters. The molecule has 0 aliphatic carbocycles. The van der Waals surface area contributed by atoms with Crippen LogP contribution < -0.4 is 19.5 Å². The van der Waals surface area contributed by atoms with Crippen molar-refractivity contribution in [3.8, 4) is 11.5 Å². The highest BCUT2D eigenvalue weighted by Crippen LogP contribution is 2.34. The predicted molar refractivity (Wildman–Crippen MR) is 102 cm³/mol. The van der Waals surface area contributed by atoms with Gasteiger partial charge in [0.25, 0.3) is 0 Å². The predicted octanol–water partition coefficient (Wildman–Crippen LogP) is 2.80. The fourth-order valence-electron chi connectivity index (χ4n) is 3.10. The largest absolute Gasteiger partial charge is 0.497 e. The first-order chi connectivity index (χ1) is 12.8. The molecule has 0 spiro atoms. The second kappa shape index (κ2) is 7.21. The summed E-state index contributed by atoms with van der Waals surface area (Å²) in [6.07, 6.45) is 0. The summed E-state index contributed by atoms with van der Waals surface area (Å²) in [6.45, 7) is 3.48. The van der Waals surface area contributed by atoms with Crippen molar-refractivity contribution in [2.45, 2.75) is 30.7 Å². The van der Waals surface area contributed by atoms with Crippen LogP contribution in [0.15, 0.2) is 41.3 Å². The molecular formula is C19H22N2O5S. The number of amides is 1. The van der Waals surface area contributed by atoms with Crippen LogP contribution in [0.2, 0.25) is 0 Å². The van der Waals surface area contributed by atoms with E-state index in [-0.39, 0.29) is 16.7 Å². The van der Waals surface area contributed by atoms with E-state index in [4.69, 9.17) is 9.47 Å². The van der Waals surface area contributed by atoms with Crippen molar-refractivity contribution in [3.63, 3.8) is 0 Å². The zero-order valence-corrected chi connectivity index (χ0v) is 16.4. The van der Waals surface area contributed by atoms with Crippen molar-refractivity contribution in [1.82, 2.24) is 4.72 Å². The van der Waals surface area contributed by atoms with Crippen LogP contribution in [0.1, 0.15) is 36.9 Å². The third-order valence-corrected chi connectivity index (χ3v) is 6.22. The lowest BCUT2D eigenvalue weighted by Gasteiger charge is -2.18. The number of hydrogen-bond acceptors (Lipinski definition) is 5. The lowest BCUT2D eigenvalue weighted by molar-refractivity contribution is -0.116. The quantitative estimate of drug-likeness (QED) is 0.791. The number of rotatable bonds is 6. The van der Waals surface area contributed by atoms with Crippen molar-refractivity contribution < 1.29 is 22.7 Å². The second-order valence-electron chi connectivity index (χ2n) is 6.41. The molecule has 3 rings (SSSR count). The van der Waals surface area contributed by atoms with Crippen LogP contribution in [-0.4, -0.2) is 28.5 Å². The molecule has 0 fully saturated rings. The normalized spacial score (nSPS) is 17.2. The maximum atomic E-state index is 12.9. The van der Waals surface area contributed by atoms with Gasteiger partial charge in [0.2, 0.25) is 15.9 Å². The van der Waals surface area contributed by atoms with E-state index in [0.717, 1.165) is 0 Å². The zero-order valence-electron chi connectivity index (χ0n) is 15.6. The number of ether oxygens (including phenoxy) is 2. The Morgan fingerprint density at radius 2 is 1.85 bits per heavy atom. The lowest BCUT2D eigenvalue weighted by Crippen LogP contribution is -2.27. The van der Waals surface area contributed by atoms with Crippen molar-refractivity contribution in [3.05, 3.63) is 47.5 Å². The van der Waals surface area contributed by atoms with E-state index < -0.39 is 16.1 Å². The van der Waals surface area contributed by atoms with Crippen molar-refractivity contribution in [2.24, 2.45) is 0 Å². The Morgan fingerprint density at radius 3 is 2.52 bits per heavy atom. The zero-order chi connectivity index (χ0) is 19.8. The molecule has 7 nitrogen and oxygen atoms in total. The number of hydrogen-bond donors (Lipinski definition) is 2. The summed E-state index contributed by atoms with van der Waals surface area (Å²) >= 11 is 0. The third-order valence-electron chi connectivity index (χ3n) is 4.69. The smallest absolute Gasteiger partial charge is 0.241 e. The highest BCUT2D eigenvalue weighted by Gasteiger charge is 2.29. The van der Waals surface area contributed by atoms with Crippen LogP contribution in [0.4, 0.5) is 5.69 Å². The van der Waals surface area contributed by atoms with E-state index in [1.165, 1.54) is 19.2 Å². The molecule has 0 saturated heterocycles. The molecule has 0 aromatic heterocycles. The summed E-state index contributed by atoms with van der Waals surface area (Å²) < 4.78 is 39.0. The Bertz CT molecular complexity index is 988. The minimum Gasteiger partial charge on any atom is -0.497 e. The first-order valence-electron chi connectivity index (χ1n) is 8.46. The first kappa shape index (κ1) is 19.2. The van der Waals surface area contributed by atoms with E-state index >= 15 is 0 Å². The Hall–Kier alpha value is -2.58. The van der Waals surface area contributed by atoms with Crippen LogP contribution in [0, 0.1) is 0 Å². The van der Waals surface area contributed by atoms with Gasteiger partial charge in [-0.2, -0.15) is 0 Å². The van der Waals surface area contributed by atoms with Crippen molar-refractivity contribution in [2.75, 3.05) is 19.5 Å². The van der Waals surface area contributed by atoms with Gasteiger partial charge in [-0.05, 0) is 55.8 Å². The number of anilines is 1. The molecule has 0 unspecified atom stereocenters. The average molecular weight is 390 g/mol. The van der Waals surface area contributed by atoms with E-state index in [2.05, 4.69) is 10.0 Å². The summed E-state index contributed by atoms with van der Waals surface area (Å²) in [7, 11) is -0.731. The fraction of sp³-hybridized carbons (Fsp3) is 0.316. The maximum absolute atomic E-state index is 12.9. The molecule has 2 aromatic rings. The van der Waals surface area contributed by atoms with Gasteiger partial charge < -0.3 is 14.8 Å². The number of carbonyl (C=O) groups is 1. The number of benzene rings is 2. The van der Waals surface area contributed by atoms with Gasteiger partial charge in [0.05, 0.1) is 25.0 Å². The standard InChI is InChI=1S/C19H22N2O5S/c1-11-15-10-14(6-7-17(15)20-19(11)22)27(23,24)21-12(2)16-9-13(25-3)5-8-18(16)26-4/h5-12,21H,1-4H3,(H,20,22)/t11-,12+/m1/s1. The molecule has 2 aromatic carbocycles. The maximum Gasteiger partial charge on any atom is 0.241 e. The molecule has 1 aliphatic rings. The molecule has 144 valence electrons. The molecule has 8 heteroatoms. The van der Waals surface area contributed by atoms with E-state index in [1.807, 2.05) is 0 Å². The SMILES string of the molecule is COc1ccc(OC)c([C@H](C)NS(=O)(=O)c2ccc3c(c2)[C@@H](C)C(=O)N3)c1. The summed E-state index contributed by atoms with van der Waals surface area (Å²) in [4.78, 5) is 11.9. The minimum atomic E-state index is -3.80. The Kier molecular flexibility index (Phi) is 5.12. The third kappa shape index (κ3) is 3.63. The number of sulfonamides is 1. The van der Waals surface area contributed by atoms with Gasteiger partial charge in [0.15, 0.2) is 0 Å². The highest BCUT2D eigenvalue weighted by molar-refractivity contribution is 7.89. The van der Waals surface area contributed by atoms with Gasteiger partial charge in [-0.25, -0.2) is 13.1 Å². The van der Waals surface area contributed by atoms with Gasteiger partial charge in [0.1, 0.15) is 11.5 Å². The Balaban J connectivity index is 1.90. The van der Waals surface area contributed by atoms with Gasteiger partial charge in [-0.1, -0.05) is 0 Å². The molecular weight excluding hydrogens is 368 g/mol. The van der Waals surface area contributed by atoms with Gasteiger partial charge in [-0.15, -0.1) is 0 Å². The molecule has 1 heterocycles. The van der Waals surface area contributed by atoms with Crippen molar-refractivity contribution in [1.29, 1.82) is 0 Å². The summed E-state index contributed by atoms with van der Waals surface area (Å²) in [5.41, 5.74) is 1.98. The molecule has 0 saturated carbocycles. The van der Waals surface area contributed by atoms with Gasteiger partial charge >= 0.3 is 0 Å². The summed E-state index contributed by atoms with van der Waals surface area (Å²) in [6, 6.07) is 9.29. The number of nitrogens with one attached hydrogen (secondary N) is 2. The highest BCUT2D eigenvalue weighted by atomic mass is 32.2. The lowest BCUT2D eigenvalue weighted by atomic mass is 10.0. The van der Waals surface area contributed by atoms with E-state index in [9.17, 15) is 13.2 Å². The molecule has 27 heavy (non-hydrogen) atoms. The fourth-order valence-corrected chi connectivity index (χ4v) is 4.36. The molecule has 1 aliphatic heterocycles. The van der Waals surface area contributed by atoms with Crippen LogP contribution >= 0.6 is 0 Å². The van der Waals surface area contributed by atoms with Crippen LogP contribution in [0.25, 0.3) is 0 Å². The first-order valence-corrected chi connectivity index (χ1v) is 9.94. The average Bonchev–Trinajstić information content (AvgIpc) is 2.94. The topological polar surface area (TPSA) is 93.7 Å². The van der Waals surface area contributed by atoms with Crippen LogP contribution in [-0.2, 0) is 14.8 Å². The van der Waals surface area contributed by atoms with Gasteiger partial charge in [-0.3, -0.25) is 4.79 Å². The molecule has 0 radical (unpaired) electrons. The number of carbonyl (C=O) groups excluding carboxylic acids is 1.